The molecule has 0 radical (unpaired) electrons. The quantitative estimate of drug-likeness (QED) is 0.504. The molecule has 0 saturated heterocycles. The number of aromatic amines is 2. The third kappa shape index (κ3) is 1.79. The molecule has 0 aliphatic rings. The van der Waals surface area contributed by atoms with Crippen molar-refractivity contribution in [3.63, 3.8) is 0 Å². The highest BCUT2D eigenvalue weighted by atomic mass is 32.1. The Labute approximate surface area is 118 Å². The predicted molar refractivity (Wildman–Crippen MR) is 80.1 cm³/mol. The normalized spacial score (nSPS) is 10.8. The number of anilines is 1. The first-order valence-electron chi connectivity index (χ1n) is 5.78. The minimum atomic E-state index is -0.483. The fourth-order valence-corrected chi connectivity index (χ4v) is 2.41. The molecule has 3 aromatic rings. The van der Waals surface area contributed by atoms with Crippen LogP contribution in [-0.2, 0) is 0 Å². The van der Waals surface area contributed by atoms with Crippen molar-refractivity contribution in [1.82, 2.24) is 15.2 Å². The fraction of sp³-hybridized carbons (Fsp3) is 0. The van der Waals surface area contributed by atoms with Gasteiger partial charge in [-0.25, -0.2) is 4.98 Å². The molecule has 3 rings (SSSR count). The van der Waals surface area contributed by atoms with Crippen LogP contribution in [0, 0.1) is 0 Å². The number of benzene rings is 1. The zero-order valence-electron chi connectivity index (χ0n) is 10.2. The van der Waals surface area contributed by atoms with Gasteiger partial charge in [0.25, 0.3) is 11.1 Å². The molecule has 0 fully saturated rings. The van der Waals surface area contributed by atoms with E-state index in [0.717, 1.165) is 5.56 Å². The molecule has 6 nitrogen and oxygen atoms in total. The minimum absolute atomic E-state index is 0.0919. The molecule has 0 amide bonds. The molecule has 0 spiro atoms. The van der Waals surface area contributed by atoms with E-state index < -0.39 is 11.1 Å². The van der Waals surface area contributed by atoms with E-state index in [0.29, 0.717) is 5.69 Å². The topological polar surface area (TPSA) is 105 Å². The largest absolute Gasteiger partial charge is 0.396 e. The van der Waals surface area contributed by atoms with E-state index in [2.05, 4.69) is 27.8 Å². The SMILES string of the molecule is Nc1c(-c2ccccc2)nc(S)c2c(=O)[nH][nH]c(=O)c12. The number of thiol groups is 1. The molecule has 4 N–H and O–H groups in total. The number of nitrogen functional groups attached to an aromatic ring is 1. The zero-order valence-corrected chi connectivity index (χ0v) is 11.1. The van der Waals surface area contributed by atoms with Crippen LogP contribution in [-0.4, -0.2) is 15.2 Å². The van der Waals surface area contributed by atoms with Crippen LogP contribution in [0.5, 0.6) is 0 Å². The lowest BCUT2D eigenvalue weighted by atomic mass is 10.1. The number of hydrogen-bond donors (Lipinski definition) is 4. The summed E-state index contributed by atoms with van der Waals surface area (Å²) in [5, 5.41) is 4.85. The van der Waals surface area contributed by atoms with Gasteiger partial charge in [0.15, 0.2) is 0 Å². The van der Waals surface area contributed by atoms with Crippen molar-refractivity contribution in [2.75, 3.05) is 5.73 Å². The number of nitrogens with two attached hydrogens (primary N) is 1. The Balaban J connectivity index is 2.50. The lowest BCUT2D eigenvalue weighted by Gasteiger charge is -2.09. The summed E-state index contributed by atoms with van der Waals surface area (Å²) in [6.45, 7) is 0. The van der Waals surface area contributed by atoms with Crippen LogP contribution in [0.25, 0.3) is 22.0 Å². The molecule has 0 unspecified atom stereocenters. The third-order valence-corrected chi connectivity index (χ3v) is 3.33. The first-order chi connectivity index (χ1) is 9.59. The fourth-order valence-electron chi connectivity index (χ4n) is 2.09. The first kappa shape index (κ1) is 12.5. The second-order valence-corrected chi connectivity index (χ2v) is 4.65. The average Bonchev–Trinajstić information content (AvgIpc) is 2.46. The molecular weight excluding hydrogens is 276 g/mol. The highest BCUT2D eigenvalue weighted by Crippen LogP contribution is 2.30. The second-order valence-electron chi connectivity index (χ2n) is 4.22. The van der Waals surface area contributed by atoms with Gasteiger partial charge in [0.2, 0.25) is 0 Å². The van der Waals surface area contributed by atoms with Gasteiger partial charge in [-0.15, -0.1) is 12.6 Å². The predicted octanol–water partition coefficient (Wildman–Crippen LogP) is 1.15. The monoisotopic (exact) mass is 286 g/mol. The van der Waals surface area contributed by atoms with Gasteiger partial charge in [0.05, 0.1) is 22.2 Å². The highest BCUT2D eigenvalue weighted by Gasteiger charge is 2.16. The molecule has 0 bridgehead atoms. The molecule has 7 heteroatoms. The van der Waals surface area contributed by atoms with Gasteiger partial charge in [-0.3, -0.25) is 19.8 Å². The van der Waals surface area contributed by atoms with E-state index >= 15 is 0 Å². The highest BCUT2D eigenvalue weighted by molar-refractivity contribution is 7.80. The zero-order chi connectivity index (χ0) is 14.3. The number of H-pyrrole nitrogens is 2. The van der Waals surface area contributed by atoms with E-state index in [1.54, 1.807) is 0 Å². The van der Waals surface area contributed by atoms with Gasteiger partial charge < -0.3 is 5.73 Å². The first-order valence-corrected chi connectivity index (χ1v) is 6.23. The Kier molecular flexibility index (Phi) is 2.83. The van der Waals surface area contributed by atoms with Gasteiger partial charge in [-0.05, 0) is 0 Å². The molecule has 1 aromatic carbocycles. The van der Waals surface area contributed by atoms with Crippen molar-refractivity contribution in [1.29, 1.82) is 0 Å². The van der Waals surface area contributed by atoms with Crippen LogP contribution >= 0.6 is 12.6 Å². The number of nitrogens with zero attached hydrogens (tertiary/aromatic N) is 1. The summed E-state index contributed by atoms with van der Waals surface area (Å²) >= 11 is 4.20. The number of aromatic nitrogens is 3. The van der Waals surface area contributed by atoms with E-state index in [9.17, 15) is 9.59 Å². The smallest absolute Gasteiger partial charge is 0.273 e. The maximum Gasteiger partial charge on any atom is 0.273 e. The van der Waals surface area contributed by atoms with Crippen LogP contribution in [0.3, 0.4) is 0 Å². The molecule has 0 aliphatic carbocycles. The standard InChI is InChI=1S/C13H10N4O2S/c14-9-7-8(12(19)17-16-11(7)18)13(20)15-10(9)6-4-2-1-3-5-6/h1-5H,14H2,(H,15,20)(H,16,18)(H,17,19). The molecule has 0 atom stereocenters. The van der Waals surface area contributed by atoms with Gasteiger partial charge >= 0.3 is 0 Å². The molecule has 2 aromatic heterocycles. The van der Waals surface area contributed by atoms with E-state index in [1.807, 2.05) is 30.3 Å². The number of rotatable bonds is 1. The molecule has 2 heterocycles. The lowest BCUT2D eigenvalue weighted by molar-refractivity contribution is 0.967. The number of nitrogens with one attached hydrogen (secondary N) is 2. The van der Waals surface area contributed by atoms with E-state index in [1.165, 1.54) is 0 Å². The van der Waals surface area contributed by atoms with Gasteiger partial charge in [0.1, 0.15) is 5.03 Å². The minimum Gasteiger partial charge on any atom is -0.396 e. The van der Waals surface area contributed by atoms with Crippen molar-refractivity contribution in [3.05, 3.63) is 51.0 Å². The Morgan fingerprint density at radius 3 is 2.25 bits per heavy atom. The van der Waals surface area contributed by atoms with Crippen molar-refractivity contribution < 1.29 is 0 Å². The Hall–Kier alpha value is -2.54. The average molecular weight is 286 g/mol. The van der Waals surface area contributed by atoms with Crippen LogP contribution in [0.2, 0.25) is 0 Å². The van der Waals surface area contributed by atoms with Crippen LogP contribution < -0.4 is 16.9 Å². The van der Waals surface area contributed by atoms with Gasteiger partial charge in [-0.1, -0.05) is 30.3 Å². The van der Waals surface area contributed by atoms with Crippen LogP contribution in [0.4, 0.5) is 5.69 Å². The number of hydrogen-bond acceptors (Lipinski definition) is 5. The summed E-state index contributed by atoms with van der Waals surface area (Å²) in [5.74, 6) is 0. The van der Waals surface area contributed by atoms with Crippen molar-refractivity contribution in [3.8, 4) is 11.3 Å². The Morgan fingerprint density at radius 1 is 1.00 bits per heavy atom. The summed E-state index contributed by atoms with van der Waals surface area (Å²) in [4.78, 5) is 27.9. The molecule has 0 aliphatic heterocycles. The lowest BCUT2D eigenvalue weighted by Crippen LogP contribution is -2.21. The Bertz CT molecular complexity index is 915. The summed E-state index contributed by atoms with van der Waals surface area (Å²) in [7, 11) is 0. The maximum atomic E-state index is 11.9. The maximum absolute atomic E-state index is 11.9. The number of pyridine rings is 1. The summed E-state index contributed by atoms with van der Waals surface area (Å²) in [6, 6.07) is 9.17. The van der Waals surface area contributed by atoms with Gasteiger partial charge in [0, 0.05) is 5.56 Å². The van der Waals surface area contributed by atoms with E-state index in [4.69, 9.17) is 5.73 Å². The van der Waals surface area contributed by atoms with E-state index in [-0.39, 0.29) is 21.5 Å². The summed E-state index contributed by atoms with van der Waals surface area (Å²) in [6.07, 6.45) is 0. The Morgan fingerprint density at radius 2 is 1.60 bits per heavy atom. The van der Waals surface area contributed by atoms with Crippen molar-refractivity contribution in [2.45, 2.75) is 5.03 Å². The second kappa shape index (κ2) is 4.53. The number of fused-ring (bicyclic) bond motifs is 1. The van der Waals surface area contributed by atoms with Crippen molar-refractivity contribution >= 4 is 29.1 Å². The molecule has 20 heavy (non-hydrogen) atoms. The molecule has 100 valence electrons. The third-order valence-electron chi connectivity index (χ3n) is 3.01. The van der Waals surface area contributed by atoms with Crippen LogP contribution in [0.15, 0.2) is 44.9 Å². The summed E-state index contributed by atoms with van der Waals surface area (Å²) < 4.78 is 0. The van der Waals surface area contributed by atoms with Crippen LogP contribution in [0.1, 0.15) is 0 Å². The molecule has 0 saturated carbocycles. The molecular formula is C13H10N4O2S. The van der Waals surface area contributed by atoms with Gasteiger partial charge in [-0.2, -0.15) is 0 Å². The summed E-state index contributed by atoms with van der Waals surface area (Å²) in [5.41, 5.74) is 6.40. The van der Waals surface area contributed by atoms with Crippen molar-refractivity contribution in [2.24, 2.45) is 0 Å².